The van der Waals surface area contributed by atoms with Gasteiger partial charge < -0.3 is 9.84 Å². The Labute approximate surface area is 70.7 Å². The number of rotatable bonds is 3. The summed E-state index contributed by atoms with van der Waals surface area (Å²) in [5.41, 5.74) is -0.431. The third kappa shape index (κ3) is 10.9. The molecule has 0 aliphatic heterocycles. The van der Waals surface area contributed by atoms with Gasteiger partial charge in [-0.25, -0.2) is 4.79 Å². The van der Waals surface area contributed by atoms with Crippen LogP contribution < -0.4 is 0 Å². The van der Waals surface area contributed by atoms with Crippen LogP contribution in [0.1, 0.15) is 0 Å². The third-order valence-corrected chi connectivity index (χ3v) is 0.586. The lowest BCUT2D eigenvalue weighted by Crippen LogP contribution is -1.94. The van der Waals surface area contributed by atoms with E-state index in [9.17, 15) is 4.79 Å². The molecule has 0 bridgehead atoms. The van der Waals surface area contributed by atoms with E-state index < -0.39 is 11.5 Å². The highest BCUT2D eigenvalue weighted by Gasteiger charge is 1.97. The number of carboxylic acid groups (broad SMARTS) is 1. The average Bonchev–Trinajstić information content (AvgIpc) is 2.05. The number of nitriles is 1. The standard InChI is InChI=1S/C4H3NO2.C4H6O/c1-3(2-5)4(6)7;1-3-5-4-2/h1H2,(H,6,7);3-4H,1-2H2. The second kappa shape index (κ2) is 8.98. The molecule has 0 aliphatic carbocycles. The van der Waals surface area contributed by atoms with Crippen LogP contribution >= 0.6 is 0 Å². The van der Waals surface area contributed by atoms with Gasteiger partial charge in [0.15, 0.2) is 0 Å². The molecule has 1 N–H and O–H groups in total. The molecule has 0 amide bonds. The van der Waals surface area contributed by atoms with Crippen molar-refractivity contribution in [2.45, 2.75) is 0 Å². The summed E-state index contributed by atoms with van der Waals surface area (Å²) < 4.78 is 4.36. The molecule has 0 unspecified atom stereocenters. The van der Waals surface area contributed by atoms with Gasteiger partial charge in [-0.2, -0.15) is 5.26 Å². The number of nitrogens with zero attached hydrogens (tertiary/aromatic N) is 1. The van der Waals surface area contributed by atoms with Crippen molar-refractivity contribution in [3.63, 3.8) is 0 Å². The van der Waals surface area contributed by atoms with E-state index in [1.165, 1.54) is 18.6 Å². The Morgan fingerprint density at radius 2 is 1.92 bits per heavy atom. The van der Waals surface area contributed by atoms with Crippen LogP contribution in [-0.4, -0.2) is 11.1 Å². The van der Waals surface area contributed by atoms with Crippen molar-refractivity contribution in [2.75, 3.05) is 0 Å². The van der Waals surface area contributed by atoms with E-state index in [0.717, 1.165) is 0 Å². The molecular weight excluding hydrogens is 158 g/mol. The minimum absolute atomic E-state index is 0.431. The maximum Gasteiger partial charge on any atom is 0.345 e. The van der Waals surface area contributed by atoms with Crippen LogP contribution in [0.3, 0.4) is 0 Å². The monoisotopic (exact) mass is 167 g/mol. The highest BCUT2D eigenvalue weighted by molar-refractivity contribution is 5.90. The summed E-state index contributed by atoms with van der Waals surface area (Å²) in [5.74, 6) is -1.26. The molecule has 0 heterocycles. The molecule has 4 nitrogen and oxygen atoms in total. The smallest absolute Gasteiger partial charge is 0.345 e. The van der Waals surface area contributed by atoms with E-state index >= 15 is 0 Å². The van der Waals surface area contributed by atoms with Gasteiger partial charge >= 0.3 is 5.97 Å². The lowest BCUT2D eigenvalue weighted by atomic mass is 10.4. The summed E-state index contributed by atoms with van der Waals surface area (Å²) in [6.45, 7) is 9.43. The molecule has 0 aromatic rings. The maximum absolute atomic E-state index is 9.61. The second-order valence-corrected chi connectivity index (χ2v) is 1.36. The molecule has 0 atom stereocenters. The van der Waals surface area contributed by atoms with Crippen molar-refractivity contribution >= 4 is 5.97 Å². The van der Waals surface area contributed by atoms with Gasteiger partial charge in [-0.3, -0.25) is 0 Å². The molecule has 0 fully saturated rings. The van der Waals surface area contributed by atoms with Gasteiger partial charge in [-0.1, -0.05) is 19.7 Å². The fourth-order valence-corrected chi connectivity index (χ4v) is 0.116. The number of aliphatic carboxylic acids is 1. The van der Waals surface area contributed by atoms with E-state index in [4.69, 9.17) is 10.4 Å². The zero-order valence-corrected chi connectivity index (χ0v) is 6.49. The number of hydrogen-bond donors (Lipinski definition) is 1. The summed E-state index contributed by atoms with van der Waals surface area (Å²) in [5, 5.41) is 15.6. The quantitative estimate of drug-likeness (QED) is 0.392. The van der Waals surface area contributed by atoms with E-state index in [1.54, 1.807) is 0 Å². The molecule has 0 saturated carbocycles. The van der Waals surface area contributed by atoms with E-state index in [-0.39, 0.29) is 0 Å². The van der Waals surface area contributed by atoms with Gasteiger partial charge in [0, 0.05) is 0 Å². The largest absolute Gasteiger partial charge is 0.477 e. The summed E-state index contributed by atoms with van der Waals surface area (Å²) in [7, 11) is 0. The molecule has 4 heteroatoms. The molecule has 0 spiro atoms. The zero-order valence-electron chi connectivity index (χ0n) is 6.49. The molecule has 0 aliphatic rings. The van der Waals surface area contributed by atoms with Gasteiger partial charge in [-0.15, -0.1) is 0 Å². The van der Waals surface area contributed by atoms with Crippen molar-refractivity contribution in [1.82, 2.24) is 0 Å². The van der Waals surface area contributed by atoms with Crippen molar-refractivity contribution in [3.05, 3.63) is 37.8 Å². The Morgan fingerprint density at radius 3 is 1.92 bits per heavy atom. The van der Waals surface area contributed by atoms with Crippen molar-refractivity contribution in [3.8, 4) is 6.07 Å². The Bertz CT molecular complexity index is 219. The SMILES string of the molecule is C=C(C#N)C(=O)O.C=COC=C. The van der Waals surface area contributed by atoms with Crippen LogP contribution in [0.25, 0.3) is 0 Å². The fourth-order valence-electron chi connectivity index (χ4n) is 0.116. The highest BCUT2D eigenvalue weighted by Crippen LogP contribution is 1.81. The van der Waals surface area contributed by atoms with Gasteiger partial charge in [0.05, 0.1) is 12.5 Å². The Hall–Kier alpha value is -2.02. The van der Waals surface area contributed by atoms with Crippen LogP contribution in [0.5, 0.6) is 0 Å². The molecular formula is C8H9NO3. The normalized spacial score (nSPS) is 6.25. The number of carbonyl (C=O) groups is 1. The first kappa shape index (κ1) is 12.6. The maximum atomic E-state index is 9.61. The van der Waals surface area contributed by atoms with Gasteiger partial charge in [0.25, 0.3) is 0 Å². The van der Waals surface area contributed by atoms with Gasteiger partial charge in [0.2, 0.25) is 0 Å². The Kier molecular flexibility index (Phi) is 9.46. The highest BCUT2D eigenvalue weighted by atomic mass is 16.5. The van der Waals surface area contributed by atoms with Crippen LogP contribution in [0.4, 0.5) is 0 Å². The van der Waals surface area contributed by atoms with E-state index in [2.05, 4.69) is 24.5 Å². The number of hydrogen-bond acceptors (Lipinski definition) is 3. The van der Waals surface area contributed by atoms with Crippen LogP contribution in [0, 0.1) is 11.3 Å². The molecule has 12 heavy (non-hydrogen) atoms. The van der Waals surface area contributed by atoms with Crippen LogP contribution in [-0.2, 0) is 9.53 Å². The molecule has 0 rings (SSSR count). The number of carboxylic acids is 1. The van der Waals surface area contributed by atoms with Crippen molar-refractivity contribution in [1.29, 1.82) is 5.26 Å². The first-order valence-electron chi connectivity index (χ1n) is 2.79. The Balaban J connectivity index is 0. The third-order valence-electron chi connectivity index (χ3n) is 0.586. The first-order valence-corrected chi connectivity index (χ1v) is 2.79. The van der Waals surface area contributed by atoms with E-state index in [1.807, 2.05) is 0 Å². The predicted molar refractivity (Wildman–Crippen MR) is 43.9 cm³/mol. The predicted octanol–water partition coefficient (Wildman–Crippen LogP) is 1.44. The summed E-state index contributed by atoms with van der Waals surface area (Å²) in [4.78, 5) is 9.61. The van der Waals surface area contributed by atoms with Crippen molar-refractivity contribution in [2.24, 2.45) is 0 Å². The first-order chi connectivity index (χ1) is 5.59. The van der Waals surface area contributed by atoms with Crippen LogP contribution in [0.15, 0.2) is 37.8 Å². The lowest BCUT2D eigenvalue weighted by Gasteiger charge is -1.76. The fraction of sp³-hybridized carbons (Fsp3) is 0. The zero-order chi connectivity index (χ0) is 9.98. The minimum Gasteiger partial charge on any atom is -0.477 e. The van der Waals surface area contributed by atoms with Gasteiger partial charge in [-0.05, 0) is 0 Å². The summed E-state index contributed by atoms with van der Waals surface area (Å²) in [6, 6.07) is 1.37. The Morgan fingerprint density at radius 1 is 1.50 bits per heavy atom. The van der Waals surface area contributed by atoms with Gasteiger partial charge in [0.1, 0.15) is 11.6 Å². The van der Waals surface area contributed by atoms with E-state index in [0.29, 0.717) is 0 Å². The second-order valence-electron chi connectivity index (χ2n) is 1.36. The minimum atomic E-state index is -1.26. The number of ether oxygens (including phenoxy) is 1. The molecule has 0 radical (unpaired) electrons. The van der Waals surface area contributed by atoms with Crippen LogP contribution in [0.2, 0.25) is 0 Å². The topological polar surface area (TPSA) is 70.3 Å². The molecule has 0 saturated heterocycles. The average molecular weight is 167 g/mol. The molecule has 0 aromatic heterocycles. The molecule has 64 valence electrons. The lowest BCUT2D eigenvalue weighted by molar-refractivity contribution is -0.132. The van der Waals surface area contributed by atoms with Crippen molar-refractivity contribution < 1.29 is 14.6 Å². The summed E-state index contributed by atoms with van der Waals surface area (Å²) >= 11 is 0. The summed E-state index contributed by atoms with van der Waals surface area (Å²) in [6.07, 6.45) is 2.62. The molecule has 0 aromatic carbocycles.